The molecule has 0 aliphatic rings. The van der Waals surface area contributed by atoms with Crippen molar-refractivity contribution < 1.29 is 9.53 Å². The van der Waals surface area contributed by atoms with Crippen LogP contribution in [0.4, 0.5) is 0 Å². The van der Waals surface area contributed by atoms with E-state index in [0.29, 0.717) is 10.6 Å². The SMILES string of the molecule is Cn1cnc2c1c(=O)n(CC(=O)OCc1cccc(Cl)c1)c(=O)n2C. The van der Waals surface area contributed by atoms with Gasteiger partial charge in [0.1, 0.15) is 13.2 Å². The van der Waals surface area contributed by atoms with Crippen LogP contribution in [0.15, 0.2) is 40.2 Å². The molecule has 0 fully saturated rings. The van der Waals surface area contributed by atoms with E-state index in [1.54, 1.807) is 31.3 Å². The molecule has 0 unspecified atom stereocenters. The maximum Gasteiger partial charge on any atom is 0.333 e. The molecule has 0 amide bonds. The standard InChI is InChI=1S/C16H15ClN4O4/c1-19-9-18-14-13(19)15(23)21(16(24)20(14)2)7-12(22)25-8-10-4-3-5-11(17)6-10/h3-6,9H,7-8H2,1-2H3. The minimum Gasteiger partial charge on any atom is -0.459 e. The van der Waals surface area contributed by atoms with Gasteiger partial charge in [-0.1, -0.05) is 23.7 Å². The van der Waals surface area contributed by atoms with Crippen molar-refractivity contribution in [3.63, 3.8) is 0 Å². The highest BCUT2D eigenvalue weighted by Gasteiger charge is 2.17. The van der Waals surface area contributed by atoms with E-state index >= 15 is 0 Å². The summed E-state index contributed by atoms with van der Waals surface area (Å²) in [4.78, 5) is 40.9. The predicted octanol–water partition coefficient (Wildman–Crippen LogP) is 0.830. The number of imidazole rings is 1. The number of ether oxygens (including phenoxy) is 1. The topological polar surface area (TPSA) is 88.1 Å². The van der Waals surface area contributed by atoms with Crippen LogP contribution in [-0.4, -0.2) is 24.7 Å². The van der Waals surface area contributed by atoms with Crippen molar-refractivity contribution in [2.75, 3.05) is 0 Å². The molecule has 0 saturated heterocycles. The summed E-state index contributed by atoms with van der Waals surface area (Å²) in [6.45, 7) is -0.477. The average Bonchev–Trinajstić information content (AvgIpc) is 2.97. The van der Waals surface area contributed by atoms with E-state index < -0.39 is 23.8 Å². The summed E-state index contributed by atoms with van der Waals surface area (Å²) in [6, 6.07) is 6.87. The summed E-state index contributed by atoms with van der Waals surface area (Å²) in [6.07, 6.45) is 1.44. The molecular weight excluding hydrogens is 348 g/mol. The Balaban J connectivity index is 1.85. The Morgan fingerprint density at radius 1 is 1.28 bits per heavy atom. The molecule has 25 heavy (non-hydrogen) atoms. The molecule has 0 atom stereocenters. The molecular formula is C16H15ClN4O4. The van der Waals surface area contributed by atoms with E-state index in [4.69, 9.17) is 16.3 Å². The van der Waals surface area contributed by atoms with E-state index in [2.05, 4.69) is 4.98 Å². The van der Waals surface area contributed by atoms with Crippen molar-refractivity contribution >= 4 is 28.7 Å². The molecule has 2 aromatic heterocycles. The molecule has 3 rings (SSSR count). The Kier molecular flexibility index (Phi) is 4.45. The Labute approximate surface area is 146 Å². The summed E-state index contributed by atoms with van der Waals surface area (Å²) < 4.78 is 8.70. The Morgan fingerprint density at radius 3 is 2.76 bits per heavy atom. The van der Waals surface area contributed by atoms with Gasteiger partial charge < -0.3 is 9.30 Å². The van der Waals surface area contributed by atoms with Gasteiger partial charge in [0.25, 0.3) is 5.56 Å². The van der Waals surface area contributed by atoms with Crippen molar-refractivity contribution in [2.24, 2.45) is 14.1 Å². The van der Waals surface area contributed by atoms with Gasteiger partial charge in [-0.05, 0) is 17.7 Å². The average molecular weight is 363 g/mol. The number of fused-ring (bicyclic) bond motifs is 1. The third kappa shape index (κ3) is 3.20. The number of aromatic nitrogens is 4. The zero-order valence-electron chi connectivity index (χ0n) is 13.6. The molecule has 0 bridgehead atoms. The van der Waals surface area contributed by atoms with Crippen LogP contribution in [0.25, 0.3) is 11.2 Å². The van der Waals surface area contributed by atoms with Gasteiger partial charge in [-0.3, -0.25) is 14.2 Å². The summed E-state index contributed by atoms with van der Waals surface area (Å²) in [5.41, 5.74) is 0.00248. The smallest absolute Gasteiger partial charge is 0.333 e. The molecule has 8 nitrogen and oxygen atoms in total. The molecule has 130 valence electrons. The largest absolute Gasteiger partial charge is 0.459 e. The third-order valence-electron chi connectivity index (χ3n) is 3.78. The number of benzene rings is 1. The number of carbonyl (C=O) groups excluding carboxylic acids is 1. The van der Waals surface area contributed by atoms with Crippen molar-refractivity contribution in [3.8, 4) is 0 Å². The Hall–Kier alpha value is -2.87. The Morgan fingerprint density at radius 2 is 2.04 bits per heavy atom. The minimum atomic E-state index is -0.694. The predicted molar refractivity (Wildman–Crippen MR) is 91.5 cm³/mol. The van der Waals surface area contributed by atoms with E-state index in [0.717, 1.165) is 4.57 Å². The van der Waals surface area contributed by atoms with Crippen molar-refractivity contribution in [1.82, 2.24) is 18.7 Å². The molecule has 1 aromatic carbocycles. The lowest BCUT2D eigenvalue weighted by molar-refractivity contribution is -0.145. The molecule has 9 heteroatoms. The van der Waals surface area contributed by atoms with Gasteiger partial charge in [-0.15, -0.1) is 0 Å². The van der Waals surface area contributed by atoms with Crippen LogP contribution < -0.4 is 11.2 Å². The van der Waals surface area contributed by atoms with Crippen LogP contribution in [0.5, 0.6) is 0 Å². The molecule has 0 spiro atoms. The normalized spacial score (nSPS) is 11.0. The number of nitrogens with zero attached hydrogens (tertiary/aromatic N) is 4. The maximum absolute atomic E-state index is 12.5. The van der Waals surface area contributed by atoms with E-state index in [1.165, 1.54) is 22.5 Å². The van der Waals surface area contributed by atoms with E-state index in [1.807, 2.05) is 0 Å². The molecule has 0 N–H and O–H groups in total. The highest BCUT2D eigenvalue weighted by Crippen LogP contribution is 2.11. The van der Waals surface area contributed by atoms with Crippen molar-refractivity contribution in [2.45, 2.75) is 13.2 Å². The summed E-state index contributed by atoms with van der Waals surface area (Å²) in [5.74, 6) is -0.694. The monoisotopic (exact) mass is 362 g/mol. The number of esters is 1. The number of hydrogen-bond donors (Lipinski definition) is 0. The molecule has 0 aliphatic heterocycles. The van der Waals surface area contributed by atoms with Crippen LogP contribution >= 0.6 is 11.6 Å². The lowest BCUT2D eigenvalue weighted by Crippen LogP contribution is -2.41. The number of hydrogen-bond acceptors (Lipinski definition) is 5. The quantitative estimate of drug-likeness (QED) is 0.641. The molecule has 2 heterocycles. The second kappa shape index (κ2) is 6.56. The molecule has 3 aromatic rings. The van der Waals surface area contributed by atoms with Gasteiger partial charge in [0, 0.05) is 19.1 Å². The highest BCUT2D eigenvalue weighted by molar-refractivity contribution is 6.30. The van der Waals surface area contributed by atoms with Crippen molar-refractivity contribution in [1.29, 1.82) is 0 Å². The number of halogens is 1. The van der Waals surface area contributed by atoms with Crippen LogP contribution in [0, 0.1) is 0 Å². The van der Waals surface area contributed by atoms with Gasteiger partial charge in [0.15, 0.2) is 11.2 Å². The maximum atomic E-state index is 12.5. The lowest BCUT2D eigenvalue weighted by atomic mass is 10.2. The summed E-state index contributed by atoms with van der Waals surface area (Å²) in [7, 11) is 3.13. The molecule has 0 aliphatic carbocycles. The van der Waals surface area contributed by atoms with Gasteiger partial charge >= 0.3 is 11.7 Å². The fraction of sp³-hybridized carbons (Fsp3) is 0.250. The van der Waals surface area contributed by atoms with Gasteiger partial charge in [0.2, 0.25) is 0 Å². The van der Waals surface area contributed by atoms with Gasteiger partial charge in [-0.25, -0.2) is 14.3 Å². The van der Waals surface area contributed by atoms with Crippen molar-refractivity contribution in [3.05, 3.63) is 62.0 Å². The first-order chi connectivity index (χ1) is 11.9. The van der Waals surface area contributed by atoms with Crippen LogP contribution in [0.1, 0.15) is 5.56 Å². The summed E-state index contributed by atoms with van der Waals surface area (Å²) in [5, 5.41) is 0.528. The summed E-state index contributed by atoms with van der Waals surface area (Å²) >= 11 is 5.87. The van der Waals surface area contributed by atoms with Crippen LogP contribution in [-0.2, 0) is 36.8 Å². The minimum absolute atomic E-state index is 0.00239. The van der Waals surface area contributed by atoms with Crippen LogP contribution in [0.2, 0.25) is 5.02 Å². The fourth-order valence-corrected chi connectivity index (χ4v) is 2.71. The Bertz CT molecular complexity index is 1080. The lowest BCUT2D eigenvalue weighted by Gasteiger charge is -2.09. The highest BCUT2D eigenvalue weighted by atomic mass is 35.5. The van der Waals surface area contributed by atoms with Crippen LogP contribution in [0.3, 0.4) is 0 Å². The first-order valence-corrected chi connectivity index (χ1v) is 7.77. The van der Waals surface area contributed by atoms with Gasteiger partial charge in [0.05, 0.1) is 6.33 Å². The van der Waals surface area contributed by atoms with Gasteiger partial charge in [-0.2, -0.15) is 0 Å². The zero-order valence-corrected chi connectivity index (χ0v) is 14.4. The first kappa shape index (κ1) is 17.0. The first-order valence-electron chi connectivity index (χ1n) is 7.39. The zero-order chi connectivity index (χ0) is 18.1. The van der Waals surface area contributed by atoms with E-state index in [9.17, 15) is 14.4 Å². The second-order valence-corrected chi connectivity index (χ2v) is 5.99. The number of carbonyl (C=O) groups is 1. The number of aryl methyl sites for hydroxylation is 2. The molecule has 0 radical (unpaired) electrons. The fourth-order valence-electron chi connectivity index (χ4n) is 2.50. The van der Waals surface area contributed by atoms with E-state index in [-0.39, 0.29) is 17.8 Å². The second-order valence-electron chi connectivity index (χ2n) is 5.55. The molecule has 0 saturated carbocycles. The number of rotatable bonds is 4. The third-order valence-corrected chi connectivity index (χ3v) is 4.01.